The molecule has 6 heteroatoms. The van der Waals surface area contributed by atoms with Gasteiger partial charge in [0.15, 0.2) is 11.6 Å². The Balaban J connectivity index is 1.58. The van der Waals surface area contributed by atoms with Crippen molar-refractivity contribution in [3.8, 4) is 0 Å². The minimum absolute atomic E-state index is 0.0435. The third kappa shape index (κ3) is 3.31. The molecule has 5 rings (SSSR count). The average molecular weight is 447 g/mol. The number of nitrogens with zero attached hydrogens (tertiary/aromatic N) is 3. The number of ketones is 1. The van der Waals surface area contributed by atoms with Crippen LogP contribution in [0.3, 0.4) is 0 Å². The van der Waals surface area contributed by atoms with Crippen molar-refractivity contribution in [2.45, 2.75) is 39.2 Å². The second kappa shape index (κ2) is 7.80. The summed E-state index contributed by atoms with van der Waals surface area (Å²) in [6, 6.07) is 10.3. The van der Waals surface area contributed by atoms with E-state index in [0.717, 1.165) is 43.1 Å². The van der Waals surface area contributed by atoms with Crippen LogP contribution in [0, 0.1) is 5.82 Å². The Bertz CT molecular complexity index is 1280. The van der Waals surface area contributed by atoms with Gasteiger partial charge in [0, 0.05) is 78.8 Å². The maximum absolute atomic E-state index is 15.2. The molecule has 33 heavy (non-hydrogen) atoms. The molecule has 1 saturated heterocycles. The van der Waals surface area contributed by atoms with Crippen LogP contribution in [0.25, 0.3) is 10.9 Å². The fourth-order valence-corrected chi connectivity index (χ4v) is 5.40. The molecular formula is C27H31FN4O. The van der Waals surface area contributed by atoms with E-state index >= 15 is 4.39 Å². The molecule has 0 saturated carbocycles. The first-order valence-corrected chi connectivity index (χ1v) is 11.7. The van der Waals surface area contributed by atoms with Crippen LogP contribution in [0.15, 0.2) is 35.3 Å². The van der Waals surface area contributed by atoms with Crippen LogP contribution in [-0.2, 0) is 5.41 Å². The molecule has 1 aliphatic heterocycles. The lowest BCUT2D eigenvalue weighted by Crippen LogP contribution is -2.49. The van der Waals surface area contributed by atoms with Gasteiger partial charge >= 0.3 is 0 Å². The third-order valence-corrected chi connectivity index (χ3v) is 7.39. The van der Waals surface area contributed by atoms with Crippen molar-refractivity contribution in [2.75, 3.05) is 38.1 Å². The number of anilines is 1. The summed E-state index contributed by atoms with van der Waals surface area (Å²) in [5.41, 5.74) is 4.53. The number of aliphatic imine (C=N–C) groups is 1. The van der Waals surface area contributed by atoms with Crippen LogP contribution in [0.5, 0.6) is 0 Å². The number of nitrogens with one attached hydrogen (secondary N) is 1. The van der Waals surface area contributed by atoms with Gasteiger partial charge in [-0.25, -0.2) is 4.39 Å². The van der Waals surface area contributed by atoms with Crippen LogP contribution in [-0.4, -0.2) is 61.2 Å². The van der Waals surface area contributed by atoms with Crippen LogP contribution < -0.4 is 4.90 Å². The second-order valence-electron chi connectivity index (χ2n) is 9.95. The number of carbonyl (C=O) groups excluding carboxylic acids is 1. The van der Waals surface area contributed by atoms with Gasteiger partial charge in [-0.05, 0) is 43.7 Å². The molecule has 0 unspecified atom stereocenters. The lowest BCUT2D eigenvalue weighted by molar-refractivity contribution is 0.103. The minimum Gasteiger partial charge on any atom is -0.369 e. The molecule has 172 valence electrons. The quantitative estimate of drug-likeness (QED) is 0.591. The Morgan fingerprint density at radius 3 is 2.52 bits per heavy atom. The summed E-state index contributed by atoms with van der Waals surface area (Å²) in [7, 11) is 1.62. The Morgan fingerprint density at radius 1 is 1.12 bits per heavy atom. The molecule has 1 aromatic heterocycles. The first-order valence-electron chi connectivity index (χ1n) is 11.7. The zero-order chi connectivity index (χ0) is 23.5. The number of fused-ring (bicyclic) bond motifs is 4. The number of benzene rings is 2. The molecule has 0 atom stereocenters. The summed E-state index contributed by atoms with van der Waals surface area (Å²) in [6.45, 7) is 12.7. The maximum Gasteiger partial charge on any atom is 0.195 e. The highest BCUT2D eigenvalue weighted by atomic mass is 19.1. The number of aromatic amines is 1. The Morgan fingerprint density at radius 2 is 1.85 bits per heavy atom. The number of rotatable bonds is 3. The smallest absolute Gasteiger partial charge is 0.195 e. The summed E-state index contributed by atoms with van der Waals surface area (Å²) < 4.78 is 15.2. The minimum atomic E-state index is -0.460. The van der Waals surface area contributed by atoms with Crippen LogP contribution in [0.4, 0.5) is 10.1 Å². The van der Waals surface area contributed by atoms with Crippen molar-refractivity contribution in [1.82, 2.24) is 9.88 Å². The van der Waals surface area contributed by atoms with Gasteiger partial charge in [0.1, 0.15) is 0 Å². The van der Waals surface area contributed by atoms with Crippen LogP contribution in [0.1, 0.15) is 60.4 Å². The largest absolute Gasteiger partial charge is 0.369 e. The normalized spacial score (nSPS) is 18.4. The molecular weight excluding hydrogens is 415 g/mol. The number of aromatic nitrogens is 1. The van der Waals surface area contributed by atoms with Crippen molar-refractivity contribution < 1.29 is 9.18 Å². The van der Waals surface area contributed by atoms with E-state index in [-0.39, 0.29) is 11.6 Å². The van der Waals surface area contributed by atoms with Crippen LogP contribution >= 0.6 is 0 Å². The molecule has 2 aliphatic rings. The van der Waals surface area contributed by atoms with E-state index in [2.05, 4.69) is 59.6 Å². The van der Waals surface area contributed by atoms with Gasteiger partial charge in [-0.3, -0.25) is 14.7 Å². The number of H-pyrrole nitrogens is 1. The van der Waals surface area contributed by atoms with E-state index in [0.29, 0.717) is 33.6 Å². The molecule has 0 spiro atoms. The van der Waals surface area contributed by atoms with Crippen molar-refractivity contribution in [2.24, 2.45) is 4.99 Å². The first-order chi connectivity index (χ1) is 15.7. The molecule has 2 heterocycles. The van der Waals surface area contributed by atoms with E-state index < -0.39 is 5.41 Å². The Hall–Kier alpha value is -2.99. The summed E-state index contributed by atoms with van der Waals surface area (Å²) >= 11 is 0. The lowest BCUT2D eigenvalue weighted by atomic mass is 9.71. The topological polar surface area (TPSA) is 51.7 Å². The first kappa shape index (κ1) is 21.8. The molecule has 1 fully saturated rings. The van der Waals surface area contributed by atoms with E-state index in [9.17, 15) is 4.79 Å². The van der Waals surface area contributed by atoms with Gasteiger partial charge in [0.05, 0.1) is 11.1 Å². The number of halogens is 1. The zero-order valence-corrected chi connectivity index (χ0v) is 20.0. The van der Waals surface area contributed by atoms with Gasteiger partial charge in [-0.2, -0.15) is 0 Å². The van der Waals surface area contributed by atoms with Crippen molar-refractivity contribution in [3.05, 3.63) is 64.1 Å². The van der Waals surface area contributed by atoms with Gasteiger partial charge in [0.25, 0.3) is 0 Å². The van der Waals surface area contributed by atoms with Crippen molar-refractivity contribution in [3.63, 3.8) is 0 Å². The summed E-state index contributed by atoms with van der Waals surface area (Å²) in [6.07, 6.45) is 1.50. The zero-order valence-electron chi connectivity index (χ0n) is 20.0. The monoisotopic (exact) mass is 446 g/mol. The van der Waals surface area contributed by atoms with E-state index in [1.807, 2.05) is 12.1 Å². The predicted octanol–water partition coefficient (Wildman–Crippen LogP) is 4.76. The fraction of sp³-hybridized carbons (Fsp3) is 0.407. The molecule has 0 radical (unpaired) electrons. The van der Waals surface area contributed by atoms with Gasteiger partial charge in [-0.1, -0.05) is 19.9 Å². The SMILES string of the molecule is CN=Cc1ccc2c3c([nH]c2c1F)C(C)(C)c1cc(N2CCN(C(C)C)CC2)ccc1C3=O. The average Bonchev–Trinajstić information content (AvgIpc) is 3.21. The van der Waals surface area contributed by atoms with E-state index in [4.69, 9.17) is 0 Å². The maximum atomic E-state index is 15.2. The summed E-state index contributed by atoms with van der Waals surface area (Å²) in [5.74, 6) is -0.415. The van der Waals surface area contributed by atoms with Crippen molar-refractivity contribution >= 4 is 28.6 Å². The Labute approximate surface area is 194 Å². The molecule has 2 aromatic carbocycles. The van der Waals surface area contributed by atoms with E-state index in [1.54, 1.807) is 13.1 Å². The van der Waals surface area contributed by atoms with Gasteiger partial charge < -0.3 is 9.88 Å². The molecule has 5 nitrogen and oxygen atoms in total. The molecule has 1 N–H and O–H groups in total. The standard InChI is InChI=1S/C27H31FN4O/c1-16(2)31-10-12-32(13-11-31)18-7-9-19-21(14-18)27(3,4)26-22(25(19)33)20-8-6-17(15-29-5)23(28)24(20)30-26/h6-9,14-16,30H,10-13H2,1-5H3. The highest BCUT2D eigenvalue weighted by molar-refractivity contribution is 6.20. The van der Waals surface area contributed by atoms with Gasteiger partial charge in [-0.15, -0.1) is 0 Å². The predicted molar refractivity (Wildman–Crippen MR) is 133 cm³/mol. The van der Waals surface area contributed by atoms with Crippen molar-refractivity contribution in [1.29, 1.82) is 0 Å². The summed E-state index contributed by atoms with van der Waals surface area (Å²) in [4.78, 5) is 25.7. The number of hydrogen-bond donors (Lipinski definition) is 1. The molecule has 0 bridgehead atoms. The van der Waals surface area contributed by atoms with Crippen LogP contribution in [0.2, 0.25) is 0 Å². The highest BCUT2D eigenvalue weighted by Gasteiger charge is 2.40. The van der Waals surface area contributed by atoms with E-state index in [1.165, 1.54) is 6.21 Å². The lowest BCUT2D eigenvalue weighted by Gasteiger charge is -2.39. The molecule has 0 amide bonds. The fourth-order valence-electron chi connectivity index (χ4n) is 5.40. The number of hydrogen-bond acceptors (Lipinski definition) is 4. The highest BCUT2D eigenvalue weighted by Crippen LogP contribution is 2.45. The molecule has 3 aromatic rings. The summed E-state index contributed by atoms with van der Waals surface area (Å²) in [5, 5.41) is 0.633. The second-order valence-corrected chi connectivity index (χ2v) is 9.95. The number of carbonyl (C=O) groups is 1. The molecule has 1 aliphatic carbocycles. The third-order valence-electron chi connectivity index (χ3n) is 7.39. The van der Waals surface area contributed by atoms with Gasteiger partial charge in [0.2, 0.25) is 0 Å². The Kier molecular flexibility index (Phi) is 5.16. The number of piperazine rings is 1.